The van der Waals surface area contributed by atoms with Crippen LogP contribution >= 0.6 is 0 Å². The normalized spacial score (nSPS) is 15.9. The van der Waals surface area contributed by atoms with Crippen molar-refractivity contribution in [2.45, 2.75) is 24.9 Å². The second kappa shape index (κ2) is 5.25. The first-order chi connectivity index (χ1) is 9.70. The van der Waals surface area contributed by atoms with Crippen molar-refractivity contribution in [3.8, 4) is 5.75 Å². The quantitative estimate of drug-likeness (QED) is 0.917. The monoisotopic (exact) mass is 272 g/mol. The third-order valence-electron chi connectivity index (χ3n) is 3.79. The number of benzene rings is 2. The molecule has 1 aliphatic carbocycles. The fourth-order valence-electron chi connectivity index (χ4n) is 2.61. The van der Waals surface area contributed by atoms with E-state index < -0.39 is 6.10 Å². The van der Waals surface area contributed by atoms with Gasteiger partial charge < -0.3 is 9.84 Å². The molecule has 1 fully saturated rings. The first kappa shape index (κ1) is 13.1. The summed E-state index contributed by atoms with van der Waals surface area (Å²) in [5.74, 6) is 0.661. The van der Waals surface area contributed by atoms with Crippen LogP contribution in [0.4, 0.5) is 4.39 Å². The molecular weight excluding hydrogens is 255 g/mol. The lowest BCUT2D eigenvalue weighted by Gasteiger charge is -2.18. The molecule has 2 aromatic rings. The van der Waals surface area contributed by atoms with Gasteiger partial charge in [0.25, 0.3) is 0 Å². The Labute approximate surface area is 117 Å². The highest BCUT2D eigenvalue weighted by molar-refractivity contribution is 5.44. The van der Waals surface area contributed by atoms with Gasteiger partial charge in [-0.3, -0.25) is 0 Å². The molecule has 1 unspecified atom stereocenters. The average Bonchev–Trinajstić information content (AvgIpc) is 3.31. The van der Waals surface area contributed by atoms with Crippen LogP contribution in [0.25, 0.3) is 0 Å². The summed E-state index contributed by atoms with van der Waals surface area (Å²) < 4.78 is 18.7. The molecule has 0 bridgehead atoms. The Hall–Kier alpha value is -1.87. The van der Waals surface area contributed by atoms with Gasteiger partial charge in [-0.05, 0) is 48.1 Å². The first-order valence-corrected chi connectivity index (χ1v) is 6.81. The van der Waals surface area contributed by atoms with E-state index in [1.165, 1.54) is 19.2 Å². The topological polar surface area (TPSA) is 29.5 Å². The lowest BCUT2D eigenvalue weighted by atomic mass is 9.94. The molecule has 1 aliphatic rings. The van der Waals surface area contributed by atoms with Crippen LogP contribution in [-0.2, 0) is 0 Å². The Morgan fingerprint density at radius 2 is 1.90 bits per heavy atom. The van der Waals surface area contributed by atoms with E-state index >= 15 is 0 Å². The highest BCUT2D eigenvalue weighted by Crippen LogP contribution is 2.44. The van der Waals surface area contributed by atoms with Crippen molar-refractivity contribution in [3.63, 3.8) is 0 Å². The Kier molecular flexibility index (Phi) is 3.45. The Balaban J connectivity index is 2.04. The molecule has 20 heavy (non-hydrogen) atoms. The predicted molar refractivity (Wildman–Crippen MR) is 75.4 cm³/mol. The number of hydrogen-bond acceptors (Lipinski definition) is 2. The SMILES string of the molecule is COc1ccc(F)cc1C(O)c1ccccc1C1CC1. The zero-order valence-corrected chi connectivity index (χ0v) is 11.3. The number of ether oxygens (including phenoxy) is 1. The second-order valence-electron chi connectivity index (χ2n) is 5.19. The van der Waals surface area contributed by atoms with E-state index in [0.29, 0.717) is 17.2 Å². The van der Waals surface area contributed by atoms with Gasteiger partial charge in [0, 0.05) is 5.56 Å². The van der Waals surface area contributed by atoms with Crippen LogP contribution in [0.5, 0.6) is 5.75 Å². The molecule has 1 N–H and O–H groups in total. The molecule has 0 aliphatic heterocycles. The fraction of sp³-hybridized carbons (Fsp3) is 0.294. The van der Waals surface area contributed by atoms with Crippen LogP contribution in [0.1, 0.15) is 41.6 Å². The summed E-state index contributed by atoms with van der Waals surface area (Å²) in [5, 5.41) is 10.6. The van der Waals surface area contributed by atoms with Gasteiger partial charge in [0.2, 0.25) is 0 Å². The molecule has 104 valence electrons. The number of aliphatic hydroxyl groups excluding tert-OH is 1. The minimum absolute atomic E-state index is 0.372. The van der Waals surface area contributed by atoms with Crippen molar-refractivity contribution in [1.29, 1.82) is 0 Å². The molecule has 0 spiro atoms. The minimum atomic E-state index is -0.863. The Morgan fingerprint density at radius 1 is 1.15 bits per heavy atom. The fourth-order valence-corrected chi connectivity index (χ4v) is 2.61. The summed E-state index contributed by atoms with van der Waals surface area (Å²) in [6, 6.07) is 12.1. The molecule has 0 aromatic heterocycles. The molecular formula is C17H17FO2. The highest BCUT2D eigenvalue weighted by Gasteiger charge is 2.28. The van der Waals surface area contributed by atoms with Crippen LogP contribution < -0.4 is 4.74 Å². The third kappa shape index (κ3) is 2.41. The van der Waals surface area contributed by atoms with Gasteiger partial charge in [-0.1, -0.05) is 24.3 Å². The molecule has 0 heterocycles. The van der Waals surface area contributed by atoms with Gasteiger partial charge in [0.1, 0.15) is 17.7 Å². The van der Waals surface area contributed by atoms with Gasteiger partial charge in [-0.15, -0.1) is 0 Å². The van der Waals surface area contributed by atoms with Crippen molar-refractivity contribution in [3.05, 3.63) is 65.0 Å². The molecule has 2 aromatic carbocycles. The molecule has 3 heteroatoms. The second-order valence-corrected chi connectivity index (χ2v) is 5.19. The smallest absolute Gasteiger partial charge is 0.125 e. The van der Waals surface area contributed by atoms with Gasteiger partial charge in [-0.25, -0.2) is 4.39 Å². The zero-order valence-electron chi connectivity index (χ0n) is 11.3. The van der Waals surface area contributed by atoms with E-state index in [2.05, 4.69) is 0 Å². The van der Waals surface area contributed by atoms with E-state index in [0.717, 1.165) is 24.0 Å². The standard InChI is InChI=1S/C17H17FO2/c1-20-16-9-8-12(18)10-15(16)17(19)14-5-3-2-4-13(14)11-6-7-11/h2-5,8-11,17,19H,6-7H2,1H3. The van der Waals surface area contributed by atoms with E-state index in [9.17, 15) is 9.50 Å². The number of aliphatic hydroxyl groups is 1. The predicted octanol–water partition coefficient (Wildman–Crippen LogP) is 3.79. The van der Waals surface area contributed by atoms with Gasteiger partial charge in [0.15, 0.2) is 0 Å². The van der Waals surface area contributed by atoms with Crippen LogP contribution in [0.15, 0.2) is 42.5 Å². The van der Waals surface area contributed by atoms with Crippen LogP contribution in [0, 0.1) is 5.82 Å². The van der Waals surface area contributed by atoms with E-state index in [1.807, 2.05) is 24.3 Å². The van der Waals surface area contributed by atoms with Crippen molar-refractivity contribution in [1.82, 2.24) is 0 Å². The van der Waals surface area contributed by atoms with Gasteiger partial charge >= 0.3 is 0 Å². The molecule has 1 atom stereocenters. The van der Waals surface area contributed by atoms with Crippen LogP contribution in [-0.4, -0.2) is 12.2 Å². The minimum Gasteiger partial charge on any atom is -0.496 e. The lowest BCUT2D eigenvalue weighted by molar-refractivity contribution is 0.213. The van der Waals surface area contributed by atoms with Crippen LogP contribution in [0.3, 0.4) is 0 Å². The van der Waals surface area contributed by atoms with Crippen molar-refractivity contribution < 1.29 is 14.2 Å². The maximum atomic E-state index is 13.5. The number of rotatable bonds is 4. The van der Waals surface area contributed by atoms with Crippen molar-refractivity contribution in [2.24, 2.45) is 0 Å². The summed E-state index contributed by atoms with van der Waals surface area (Å²) in [5.41, 5.74) is 2.48. The molecule has 3 rings (SSSR count). The van der Waals surface area contributed by atoms with E-state index in [-0.39, 0.29) is 5.82 Å². The average molecular weight is 272 g/mol. The molecule has 0 saturated heterocycles. The van der Waals surface area contributed by atoms with E-state index in [1.54, 1.807) is 6.07 Å². The third-order valence-corrected chi connectivity index (χ3v) is 3.79. The van der Waals surface area contributed by atoms with Crippen molar-refractivity contribution in [2.75, 3.05) is 7.11 Å². The summed E-state index contributed by atoms with van der Waals surface area (Å²) in [6.45, 7) is 0. The van der Waals surface area contributed by atoms with Crippen LogP contribution in [0.2, 0.25) is 0 Å². The van der Waals surface area contributed by atoms with Gasteiger partial charge in [-0.2, -0.15) is 0 Å². The first-order valence-electron chi connectivity index (χ1n) is 6.81. The molecule has 1 saturated carbocycles. The Morgan fingerprint density at radius 3 is 2.60 bits per heavy atom. The van der Waals surface area contributed by atoms with Gasteiger partial charge in [0.05, 0.1) is 7.11 Å². The number of halogens is 1. The maximum absolute atomic E-state index is 13.5. The largest absolute Gasteiger partial charge is 0.496 e. The summed E-state index contributed by atoms with van der Waals surface area (Å²) in [4.78, 5) is 0. The number of methoxy groups -OCH3 is 1. The van der Waals surface area contributed by atoms with E-state index in [4.69, 9.17) is 4.74 Å². The highest BCUT2D eigenvalue weighted by atomic mass is 19.1. The zero-order chi connectivity index (χ0) is 14.1. The Bertz CT molecular complexity index is 620. The summed E-state index contributed by atoms with van der Waals surface area (Å²) in [7, 11) is 1.52. The molecule has 2 nitrogen and oxygen atoms in total. The van der Waals surface area contributed by atoms with Crippen molar-refractivity contribution >= 4 is 0 Å². The summed E-state index contributed by atoms with van der Waals surface area (Å²) in [6.07, 6.45) is 1.45. The molecule has 0 amide bonds. The molecule has 0 radical (unpaired) electrons. The maximum Gasteiger partial charge on any atom is 0.125 e. The summed E-state index contributed by atoms with van der Waals surface area (Å²) >= 11 is 0. The lowest BCUT2D eigenvalue weighted by Crippen LogP contribution is -2.05. The number of hydrogen-bond donors (Lipinski definition) is 1.